The van der Waals surface area contributed by atoms with Gasteiger partial charge in [0.2, 0.25) is 0 Å². The third kappa shape index (κ3) is 5.51. The summed E-state index contributed by atoms with van der Waals surface area (Å²) in [4.78, 5) is 0. The van der Waals surface area contributed by atoms with Crippen LogP contribution in [0.3, 0.4) is 0 Å². The fourth-order valence-corrected chi connectivity index (χ4v) is 3.20. The van der Waals surface area contributed by atoms with E-state index in [2.05, 4.69) is 5.32 Å². The number of rotatable bonds is 7. The van der Waals surface area contributed by atoms with E-state index in [1.54, 1.807) is 0 Å². The highest BCUT2D eigenvalue weighted by Crippen LogP contribution is 2.35. The lowest BCUT2D eigenvalue weighted by Gasteiger charge is -2.23. The molecule has 33 heavy (non-hydrogen) atoms. The van der Waals surface area contributed by atoms with E-state index >= 15 is 0 Å². The molecule has 1 aliphatic heterocycles. The lowest BCUT2D eigenvalue weighted by atomic mass is 10.1. The summed E-state index contributed by atoms with van der Waals surface area (Å²) < 4.78 is 106. The minimum absolute atomic E-state index is 0.187. The minimum atomic E-state index is -5.69. The molecule has 0 fully saturated rings. The standard InChI is InChI=1S/C20H14F8IN3O/c21-13-3-2-12(17(16(13)23)31-15-4-1-11(29)5-14(15)22)18(33)32-7-10(8-32)6-30-9-19(24,25)20(26,27)28/h1-5,7-8,30-31,33H,6,9H2. The summed E-state index contributed by atoms with van der Waals surface area (Å²) in [6.07, 6.45) is -4.51. The van der Waals surface area contributed by atoms with Crippen molar-refractivity contribution in [2.24, 2.45) is 0 Å². The molecule has 0 saturated carbocycles. The fourth-order valence-electron chi connectivity index (χ4n) is 2.75. The van der Waals surface area contributed by atoms with Gasteiger partial charge in [-0.3, -0.25) is 4.58 Å². The molecule has 13 heteroatoms. The Labute approximate surface area is 195 Å². The number of nitrogens with zero attached hydrogens (tertiary/aromatic N) is 1. The number of hydrogen-bond donors (Lipinski definition) is 3. The Kier molecular flexibility index (Phi) is 7.12. The Morgan fingerprint density at radius 1 is 1.03 bits per heavy atom. The molecule has 1 aliphatic rings. The first-order valence-electron chi connectivity index (χ1n) is 9.05. The van der Waals surface area contributed by atoms with Crippen LogP contribution in [0.4, 0.5) is 46.5 Å². The molecule has 3 N–H and O–H groups in total. The lowest BCUT2D eigenvalue weighted by Crippen LogP contribution is -2.46. The number of nitrogens with one attached hydrogen (secondary N) is 2. The summed E-state index contributed by atoms with van der Waals surface area (Å²) in [6.45, 7) is -0.826. The van der Waals surface area contributed by atoms with E-state index in [9.17, 15) is 40.2 Å². The van der Waals surface area contributed by atoms with E-state index < -0.39 is 47.7 Å². The molecule has 0 radical (unpaired) electrons. The zero-order valence-corrected chi connectivity index (χ0v) is 18.4. The number of anilines is 2. The zero-order chi connectivity index (χ0) is 24.6. The van der Waals surface area contributed by atoms with Gasteiger partial charge in [-0.15, -0.1) is 0 Å². The second kappa shape index (κ2) is 9.37. The average Bonchev–Trinajstić information content (AvgIpc) is 2.67. The smallest absolute Gasteiger partial charge is 0.454 e. The summed E-state index contributed by atoms with van der Waals surface area (Å²) in [6, 6.07) is 5.72. The minimum Gasteiger partial charge on any atom is -0.502 e. The molecule has 3 rings (SSSR count). The van der Waals surface area contributed by atoms with Crippen molar-refractivity contribution in [2.45, 2.75) is 12.1 Å². The Hall–Kier alpha value is -2.55. The molecule has 178 valence electrons. The third-order valence-corrected chi connectivity index (χ3v) is 5.14. The van der Waals surface area contributed by atoms with Crippen LogP contribution in [0.25, 0.3) is 0 Å². The van der Waals surface area contributed by atoms with Crippen LogP contribution in [0.1, 0.15) is 5.56 Å². The summed E-state index contributed by atoms with van der Waals surface area (Å²) in [5, 5.41) is 14.8. The number of alkyl halides is 5. The summed E-state index contributed by atoms with van der Waals surface area (Å²) in [7, 11) is 0. The number of halogens is 9. The Bertz CT molecular complexity index is 1130. The lowest BCUT2D eigenvalue weighted by molar-refractivity contribution is -0.441. The maximum Gasteiger partial charge on any atom is 0.454 e. The molecule has 4 nitrogen and oxygen atoms in total. The van der Waals surface area contributed by atoms with E-state index in [-0.39, 0.29) is 23.4 Å². The molecule has 1 heterocycles. The van der Waals surface area contributed by atoms with E-state index in [1.807, 2.05) is 27.9 Å². The highest BCUT2D eigenvalue weighted by Gasteiger charge is 2.56. The van der Waals surface area contributed by atoms with E-state index in [4.69, 9.17) is 0 Å². The first-order valence-corrected chi connectivity index (χ1v) is 10.1. The fraction of sp³-hybridized carbons (Fsp3) is 0.200. The van der Waals surface area contributed by atoms with Crippen LogP contribution in [-0.2, 0) is 0 Å². The molecule has 0 unspecified atom stereocenters. The summed E-state index contributed by atoms with van der Waals surface area (Å²) in [5.41, 5.74) is -0.756. The molecular formula is C20H14F8IN3O. The van der Waals surface area contributed by atoms with Crippen molar-refractivity contribution in [2.75, 3.05) is 18.4 Å². The molecule has 0 aliphatic carbocycles. The predicted octanol–water partition coefficient (Wildman–Crippen LogP) is 5.62. The van der Waals surface area contributed by atoms with Gasteiger partial charge < -0.3 is 15.7 Å². The van der Waals surface area contributed by atoms with Gasteiger partial charge in [0.05, 0.1) is 23.5 Å². The van der Waals surface area contributed by atoms with Crippen molar-refractivity contribution in [3.63, 3.8) is 0 Å². The number of aliphatic hydroxyl groups is 1. The van der Waals surface area contributed by atoms with Crippen LogP contribution in [0.2, 0.25) is 0 Å². The monoisotopic (exact) mass is 591 g/mol. The molecule has 0 spiro atoms. The Balaban J connectivity index is 1.80. The van der Waals surface area contributed by atoms with Crippen LogP contribution in [-0.4, -0.2) is 40.8 Å². The SMILES string of the molecule is OC(c1ccc(F)c(F)c1Nc1ccc(I)cc1F)=[N+]1C=C(CNCC(F)(F)C(F)(F)F)[CH-]1. The average molecular weight is 591 g/mol. The molecule has 0 amide bonds. The molecule has 0 bridgehead atoms. The molecule has 2 aromatic rings. The number of aliphatic hydroxyl groups excluding tert-OH is 1. The third-order valence-electron chi connectivity index (χ3n) is 4.47. The van der Waals surface area contributed by atoms with Gasteiger partial charge in [0.1, 0.15) is 18.6 Å². The van der Waals surface area contributed by atoms with E-state index in [0.717, 1.165) is 22.8 Å². The second-order valence-electron chi connectivity index (χ2n) is 6.90. The molecule has 0 atom stereocenters. The van der Waals surface area contributed by atoms with Gasteiger partial charge in [-0.1, -0.05) is 0 Å². The molecular weight excluding hydrogens is 577 g/mol. The van der Waals surface area contributed by atoms with Crippen molar-refractivity contribution in [1.82, 2.24) is 5.32 Å². The van der Waals surface area contributed by atoms with Crippen LogP contribution >= 0.6 is 22.6 Å². The van der Waals surface area contributed by atoms with Gasteiger partial charge >= 0.3 is 12.1 Å². The zero-order valence-electron chi connectivity index (χ0n) is 16.3. The Morgan fingerprint density at radius 3 is 2.30 bits per heavy atom. The second-order valence-corrected chi connectivity index (χ2v) is 8.15. The molecule has 2 aromatic carbocycles. The van der Waals surface area contributed by atoms with Crippen molar-refractivity contribution >= 4 is 39.9 Å². The first-order chi connectivity index (χ1) is 15.3. The summed E-state index contributed by atoms with van der Waals surface area (Å²) >= 11 is 1.86. The van der Waals surface area contributed by atoms with Crippen molar-refractivity contribution in [3.8, 4) is 0 Å². The highest BCUT2D eigenvalue weighted by molar-refractivity contribution is 14.1. The van der Waals surface area contributed by atoms with Crippen molar-refractivity contribution in [3.05, 3.63) is 75.2 Å². The quantitative estimate of drug-likeness (QED) is 0.129. The van der Waals surface area contributed by atoms with Gasteiger partial charge in [-0.25, -0.2) is 13.2 Å². The largest absolute Gasteiger partial charge is 0.502 e. The van der Waals surface area contributed by atoms with Crippen molar-refractivity contribution < 1.29 is 44.8 Å². The number of hydrogen-bond acceptors (Lipinski definition) is 2. The molecule has 0 aromatic heterocycles. The van der Waals surface area contributed by atoms with Gasteiger partial charge in [0.25, 0.3) is 5.90 Å². The van der Waals surface area contributed by atoms with Crippen LogP contribution in [0, 0.1) is 27.6 Å². The topological polar surface area (TPSA) is 47.3 Å². The van der Waals surface area contributed by atoms with Gasteiger partial charge in [0, 0.05) is 15.7 Å². The van der Waals surface area contributed by atoms with Gasteiger partial charge in [0.15, 0.2) is 11.6 Å². The summed E-state index contributed by atoms with van der Waals surface area (Å²) in [5.74, 6) is -8.94. The van der Waals surface area contributed by atoms with Crippen LogP contribution < -0.4 is 10.6 Å². The van der Waals surface area contributed by atoms with E-state index in [1.165, 1.54) is 24.9 Å². The Morgan fingerprint density at radius 2 is 1.70 bits per heavy atom. The molecule has 0 saturated heterocycles. The number of benzene rings is 2. The van der Waals surface area contributed by atoms with E-state index in [0.29, 0.717) is 3.57 Å². The van der Waals surface area contributed by atoms with Gasteiger partial charge in [-0.05, 0) is 52.9 Å². The normalized spacial score (nSPS) is 15.5. The van der Waals surface area contributed by atoms with Crippen molar-refractivity contribution in [1.29, 1.82) is 0 Å². The maximum atomic E-state index is 14.5. The first kappa shape index (κ1) is 25.1. The van der Waals surface area contributed by atoms with Crippen LogP contribution in [0.5, 0.6) is 0 Å². The van der Waals surface area contributed by atoms with Gasteiger partial charge in [-0.2, -0.15) is 22.0 Å². The predicted molar refractivity (Wildman–Crippen MR) is 112 cm³/mol. The van der Waals surface area contributed by atoms with Crippen LogP contribution in [0.15, 0.2) is 42.1 Å². The highest BCUT2D eigenvalue weighted by atomic mass is 127. The maximum absolute atomic E-state index is 14.5.